The van der Waals surface area contributed by atoms with Crippen molar-refractivity contribution in [2.24, 2.45) is 0 Å². The number of piperazine rings is 1. The molecule has 0 atom stereocenters. The third-order valence-corrected chi connectivity index (χ3v) is 6.06. The average Bonchev–Trinajstić information content (AvgIpc) is 2.79. The number of anilines is 1. The number of nitrogens with zero attached hydrogens (tertiary/aromatic N) is 4. The van der Waals surface area contributed by atoms with E-state index < -0.39 is 11.5 Å². The second-order valence-corrected chi connectivity index (χ2v) is 8.09. The number of amides is 1. The van der Waals surface area contributed by atoms with Gasteiger partial charge in [-0.2, -0.15) is 0 Å². The summed E-state index contributed by atoms with van der Waals surface area (Å²) in [4.78, 5) is 51.3. The van der Waals surface area contributed by atoms with E-state index in [1.54, 1.807) is 11.1 Å². The monoisotopic (exact) mass is 456 g/mol. The molecule has 1 saturated heterocycles. The van der Waals surface area contributed by atoms with Crippen LogP contribution in [0, 0.1) is 0 Å². The van der Waals surface area contributed by atoms with Gasteiger partial charge in [0.15, 0.2) is 0 Å². The highest BCUT2D eigenvalue weighted by Crippen LogP contribution is 2.23. The lowest BCUT2D eigenvalue weighted by Gasteiger charge is -2.34. The quantitative estimate of drug-likeness (QED) is 0.653. The molecule has 0 aliphatic carbocycles. The first-order valence-corrected chi connectivity index (χ1v) is 10.6. The first-order valence-electron chi connectivity index (χ1n) is 10.6. The molecule has 0 saturated carbocycles. The topological polar surface area (TPSA) is 123 Å². The van der Waals surface area contributed by atoms with Crippen LogP contribution in [0.2, 0.25) is 0 Å². The highest BCUT2D eigenvalue weighted by molar-refractivity contribution is 5.89. The van der Waals surface area contributed by atoms with Gasteiger partial charge in [0.2, 0.25) is 5.91 Å². The van der Waals surface area contributed by atoms with Crippen molar-refractivity contribution < 1.29 is 24.6 Å². The largest absolute Gasteiger partial charge is 0.483 e. The summed E-state index contributed by atoms with van der Waals surface area (Å²) in [5.74, 6) is -1.29. The number of likely N-dealkylation sites (N-methyl/N-ethyl adjacent to an activating group) is 1. The maximum absolute atomic E-state index is 13.0. The number of carboxylic acids is 1. The van der Waals surface area contributed by atoms with E-state index in [0.29, 0.717) is 36.3 Å². The molecule has 176 valence electrons. The number of benzene rings is 1. The number of aromatic nitrogens is 1. The van der Waals surface area contributed by atoms with Crippen LogP contribution in [0.3, 0.4) is 0 Å². The number of pyridine rings is 1. The number of hydrogen-bond acceptors (Lipinski definition) is 6. The maximum atomic E-state index is 13.0. The van der Waals surface area contributed by atoms with Gasteiger partial charge in [0, 0.05) is 63.8 Å². The molecule has 1 aromatic carbocycles. The molecule has 2 aliphatic rings. The van der Waals surface area contributed by atoms with Crippen molar-refractivity contribution in [2.45, 2.75) is 19.9 Å². The Morgan fingerprint density at radius 1 is 1.00 bits per heavy atom. The molecule has 0 bridgehead atoms. The van der Waals surface area contributed by atoms with Crippen LogP contribution in [-0.2, 0) is 22.6 Å². The molecule has 3 heterocycles. The fourth-order valence-corrected chi connectivity index (χ4v) is 4.23. The Bertz CT molecular complexity index is 1090. The van der Waals surface area contributed by atoms with Gasteiger partial charge in [-0.25, -0.2) is 4.79 Å². The molecule has 1 fully saturated rings. The van der Waals surface area contributed by atoms with E-state index in [2.05, 4.69) is 16.8 Å². The van der Waals surface area contributed by atoms with Crippen molar-refractivity contribution in [2.75, 3.05) is 44.7 Å². The Labute approximate surface area is 191 Å². The van der Waals surface area contributed by atoms with Crippen molar-refractivity contribution in [3.63, 3.8) is 0 Å². The van der Waals surface area contributed by atoms with Crippen LogP contribution in [0.25, 0.3) is 5.69 Å². The van der Waals surface area contributed by atoms with Gasteiger partial charge in [0.05, 0.1) is 0 Å². The van der Waals surface area contributed by atoms with Crippen LogP contribution in [0.5, 0.6) is 0 Å². The first-order chi connectivity index (χ1) is 15.8. The summed E-state index contributed by atoms with van der Waals surface area (Å²) in [7, 11) is 2.11. The van der Waals surface area contributed by atoms with E-state index in [9.17, 15) is 19.5 Å². The average molecular weight is 456 g/mol. The van der Waals surface area contributed by atoms with Gasteiger partial charge in [-0.1, -0.05) is 0 Å². The van der Waals surface area contributed by atoms with E-state index in [-0.39, 0.29) is 17.9 Å². The third-order valence-electron chi connectivity index (χ3n) is 6.06. The number of carboxylic acid groups (broad SMARTS) is 2. The van der Waals surface area contributed by atoms with Crippen LogP contribution < -0.4 is 10.5 Å². The van der Waals surface area contributed by atoms with Crippen LogP contribution in [0.1, 0.15) is 28.4 Å². The Hall–Kier alpha value is -3.66. The van der Waals surface area contributed by atoms with Gasteiger partial charge in [0.25, 0.3) is 12.0 Å². The minimum absolute atomic E-state index is 0.0631. The lowest BCUT2D eigenvalue weighted by Crippen LogP contribution is -2.44. The van der Waals surface area contributed by atoms with Gasteiger partial charge in [-0.05, 0) is 48.9 Å². The first kappa shape index (κ1) is 24.0. The van der Waals surface area contributed by atoms with Crippen molar-refractivity contribution in [3.05, 3.63) is 57.5 Å². The van der Waals surface area contributed by atoms with E-state index in [4.69, 9.17) is 9.90 Å². The fraction of sp³-hybridized carbons (Fsp3) is 0.391. The molecule has 10 heteroatoms. The minimum atomic E-state index is -1.23. The Morgan fingerprint density at radius 3 is 2.12 bits per heavy atom. The Balaban J connectivity index is 0.000000968. The molecule has 0 radical (unpaired) electrons. The second-order valence-electron chi connectivity index (χ2n) is 8.09. The zero-order valence-corrected chi connectivity index (χ0v) is 18.7. The van der Waals surface area contributed by atoms with Gasteiger partial charge >= 0.3 is 5.97 Å². The molecule has 2 aliphatic heterocycles. The predicted octanol–water partition coefficient (Wildman–Crippen LogP) is 0.893. The summed E-state index contributed by atoms with van der Waals surface area (Å²) in [5.41, 5.74) is 2.21. The smallest absolute Gasteiger partial charge is 0.341 e. The molecule has 0 spiro atoms. The number of fused-ring (bicyclic) bond motifs is 1. The van der Waals surface area contributed by atoms with E-state index in [1.165, 1.54) is 11.5 Å². The number of carbonyl (C=O) groups excluding carboxylic acids is 1. The van der Waals surface area contributed by atoms with Gasteiger partial charge in [-0.15, -0.1) is 0 Å². The number of hydrogen-bond donors (Lipinski definition) is 2. The molecule has 2 aromatic rings. The summed E-state index contributed by atoms with van der Waals surface area (Å²) < 4.78 is 1.39. The predicted molar refractivity (Wildman–Crippen MR) is 122 cm³/mol. The standard InChI is InChI=1S/C22H26N4O4.CH2O2/c1-15(27)25-8-7-19-16(13-25)14-26(21(28)20(19)22(29)30)18-5-3-17(4-6-18)24-11-9-23(2)10-12-24;2-1-3/h3-6,14H,7-13H2,1-2H3,(H,29,30);1H,(H,2,3). The number of rotatable bonds is 3. The zero-order valence-electron chi connectivity index (χ0n) is 18.7. The molecule has 2 N–H and O–H groups in total. The third kappa shape index (κ3) is 5.23. The van der Waals surface area contributed by atoms with Crippen molar-refractivity contribution >= 4 is 24.0 Å². The van der Waals surface area contributed by atoms with Crippen LogP contribution in [0.4, 0.5) is 5.69 Å². The molecule has 33 heavy (non-hydrogen) atoms. The van der Waals surface area contributed by atoms with Gasteiger partial charge < -0.3 is 24.9 Å². The SMILES string of the molecule is CC(=O)N1CCc2c(cn(-c3ccc(N4CCN(C)CC4)cc3)c(=O)c2C(=O)O)C1.O=CO. The minimum Gasteiger partial charge on any atom is -0.483 e. The Kier molecular flexibility index (Phi) is 7.49. The fourth-order valence-electron chi connectivity index (χ4n) is 4.23. The highest BCUT2D eigenvalue weighted by Gasteiger charge is 2.27. The van der Waals surface area contributed by atoms with Crippen LogP contribution in [0.15, 0.2) is 35.3 Å². The molecule has 1 aromatic heterocycles. The van der Waals surface area contributed by atoms with Gasteiger partial charge in [-0.3, -0.25) is 19.0 Å². The zero-order chi connectivity index (χ0) is 24.1. The molecular formula is C23H28N4O6. The van der Waals surface area contributed by atoms with Gasteiger partial charge in [0.1, 0.15) is 5.56 Å². The summed E-state index contributed by atoms with van der Waals surface area (Å²) in [6.07, 6.45) is 2.05. The maximum Gasteiger partial charge on any atom is 0.341 e. The highest BCUT2D eigenvalue weighted by atomic mass is 16.4. The second kappa shape index (κ2) is 10.3. The van der Waals surface area contributed by atoms with Crippen molar-refractivity contribution in [1.82, 2.24) is 14.4 Å². The number of aromatic carboxylic acids is 1. The lowest BCUT2D eigenvalue weighted by molar-refractivity contribution is -0.129. The summed E-state index contributed by atoms with van der Waals surface area (Å²) in [5, 5.41) is 16.6. The van der Waals surface area contributed by atoms with Crippen molar-refractivity contribution in [3.8, 4) is 5.69 Å². The molecule has 10 nitrogen and oxygen atoms in total. The van der Waals surface area contributed by atoms with E-state index in [1.807, 2.05) is 24.3 Å². The molecular weight excluding hydrogens is 428 g/mol. The summed E-state index contributed by atoms with van der Waals surface area (Å²) >= 11 is 0. The lowest BCUT2D eigenvalue weighted by atomic mass is 9.96. The van der Waals surface area contributed by atoms with Crippen molar-refractivity contribution in [1.29, 1.82) is 0 Å². The number of carbonyl (C=O) groups is 3. The van der Waals surface area contributed by atoms with E-state index in [0.717, 1.165) is 31.9 Å². The summed E-state index contributed by atoms with van der Waals surface area (Å²) in [6.45, 7) is 5.87. The Morgan fingerprint density at radius 2 is 1.58 bits per heavy atom. The van der Waals surface area contributed by atoms with Crippen LogP contribution >= 0.6 is 0 Å². The van der Waals surface area contributed by atoms with E-state index >= 15 is 0 Å². The molecule has 4 rings (SSSR count). The summed E-state index contributed by atoms with van der Waals surface area (Å²) in [6, 6.07) is 7.63. The van der Waals surface area contributed by atoms with Crippen LogP contribution in [-0.4, -0.2) is 82.7 Å². The normalized spacial score (nSPS) is 15.8. The molecule has 1 amide bonds. The molecule has 0 unspecified atom stereocenters.